The smallest absolute Gasteiger partial charge is 1.00 e. The molecule has 0 unspecified atom stereocenters. The number of unbranched alkanes of at least 4 members (excludes halogenated alkanes) is 14. The number of rotatable bonds is 22. The number of esters is 1. The van der Waals surface area contributed by atoms with Gasteiger partial charge >= 0.3 is 29.0 Å². The van der Waals surface area contributed by atoms with E-state index in [2.05, 4.69) is 6.92 Å². The minimum Gasteiger partial charge on any atom is -1.00 e. The van der Waals surface area contributed by atoms with Gasteiger partial charge in [0.05, 0.1) is 6.61 Å². The fourth-order valence-electron chi connectivity index (χ4n) is 3.55. The first kappa shape index (κ1) is 34.2. The van der Waals surface area contributed by atoms with Gasteiger partial charge in [0.25, 0.3) is 0 Å². The molecule has 0 radical (unpaired) electrons. The maximum absolute atomic E-state index is 11.7. The summed E-state index contributed by atoms with van der Waals surface area (Å²) in [6.45, 7) is 1.04. The van der Waals surface area contributed by atoms with Gasteiger partial charge in [-0.1, -0.05) is 96.8 Å². The molecule has 0 rings (SSSR count). The zero-order valence-electron chi connectivity index (χ0n) is 22.3. The average Bonchev–Trinajstić information content (AvgIpc) is 2.78. The summed E-state index contributed by atoms with van der Waals surface area (Å²) in [5.41, 5.74) is 0. The van der Waals surface area contributed by atoms with E-state index in [0.29, 0.717) is 0 Å². The number of carbonyl (C=O) groups excluding carboxylic acids is 1. The monoisotopic (exact) mass is 474 g/mol. The van der Waals surface area contributed by atoms with Crippen molar-refractivity contribution in [3.63, 3.8) is 0 Å². The third kappa shape index (κ3) is 19.5. The van der Waals surface area contributed by atoms with E-state index in [1.807, 2.05) is 0 Å². The van der Waals surface area contributed by atoms with Gasteiger partial charge in [-0.3, -0.25) is 4.79 Å². The van der Waals surface area contributed by atoms with E-state index in [9.17, 15) is 25.2 Å². The number of hydrogen-bond acceptors (Lipinski definition) is 7. The Morgan fingerprint density at radius 3 is 1.47 bits per heavy atom. The SMILES string of the molecule is CCCCCCCCCCCCCCCCCC(=O)OC[C@@H](O)[C@@H](O)[C@H](O)[C@H](O)CO.[H-].[H-].[Mg+2]. The van der Waals surface area contributed by atoms with Crippen molar-refractivity contribution in [1.29, 1.82) is 0 Å². The molecule has 5 N–H and O–H groups in total. The van der Waals surface area contributed by atoms with E-state index >= 15 is 0 Å². The number of hydrogen-bond donors (Lipinski definition) is 5. The number of aliphatic hydroxyl groups excluding tert-OH is 5. The van der Waals surface area contributed by atoms with E-state index in [-0.39, 0.29) is 32.3 Å². The molecule has 0 fully saturated rings. The van der Waals surface area contributed by atoms with E-state index in [4.69, 9.17) is 9.84 Å². The van der Waals surface area contributed by atoms with Crippen LogP contribution >= 0.6 is 0 Å². The molecule has 32 heavy (non-hydrogen) atoms. The Morgan fingerprint density at radius 2 is 1.06 bits per heavy atom. The minimum atomic E-state index is -1.71. The largest absolute Gasteiger partial charge is 2.00 e. The number of aliphatic hydroxyl groups is 5. The van der Waals surface area contributed by atoms with Gasteiger partial charge in [0.2, 0.25) is 0 Å². The van der Waals surface area contributed by atoms with Crippen LogP contribution in [0.25, 0.3) is 0 Å². The predicted molar refractivity (Wildman–Crippen MR) is 130 cm³/mol. The summed E-state index contributed by atoms with van der Waals surface area (Å²) in [6.07, 6.45) is 12.5. The second-order valence-electron chi connectivity index (χ2n) is 8.68. The first-order chi connectivity index (χ1) is 14.9. The fourth-order valence-corrected chi connectivity index (χ4v) is 3.55. The van der Waals surface area contributed by atoms with Gasteiger partial charge in [0.1, 0.15) is 31.0 Å². The molecule has 8 heteroatoms. The summed E-state index contributed by atoms with van der Waals surface area (Å²) in [5.74, 6) is -0.460. The van der Waals surface area contributed by atoms with Gasteiger partial charge in [-0.15, -0.1) is 0 Å². The zero-order valence-corrected chi connectivity index (χ0v) is 21.7. The van der Waals surface area contributed by atoms with E-state index in [1.54, 1.807) is 0 Å². The van der Waals surface area contributed by atoms with Crippen LogP contribution in [0.15, 0.2) is 0 Å². The van der Waals surface area contributed by atoms with Gasteiger partial charge < -0.3 is 33.1 Å². The van der Waals surface area contributed by atoms with Gasteiger partial charge in [-0.05, 0) is 6.42 Å². The molecule has 0 amide bonds. The van der Waals surface area contributed by atoms with Crippen LogP contribution in [-0.2, 0) is 9.53 Å². The van der Waals surface area contributed by atoms with Crippen molar-refractivity contribution in [2.24, 2.45) is 0 Å². The van der Waals surface area contributed by atoms with Crippen LogP contribution in [0.1, 0.15) is 113 Å². The Labute approximate surface area is 214 Å². The zero-order chi connectivity index (χ0) is 23.3. The third-order valence-electron chi connectivity index (χ3n) is 5.72. The standard InChI is InChI=1S/C24H48O7.Mg.2H/c1-2-3-4-5-6-7-8-9-10-11-12-13-14-15-16-17-22(28)31-19-21(27)24(30)23(29)20(26)18-25;;;/h20-21,23-27,29-30H,2-19H2,1H3;;;/q;+2;2*-1/t20-,21-,23-,24-;;;/m1.../s1. The Kier molecular flexibility index (Phi) is 25.8. The minimum absolute atomic E-state index is 0. The molecule has 4 atom stereocenters. The predicted octanol–water partition coefficient (Wildman–Crippen LogP) is 3.07. The molecule has 0 aliphatic rings. The number of ether oxygens (including phenoxy) is 1. The van der Waals surface area contributed by atoms with Crippen molar-refractivity contribution in [1.82, 2.24) is 0 Å². The van der Waals surface area contributed by atoms with Crippen molar-refractivity contribution < 1.29 is 37.9 Å². The first-order valence-electron chi connectivity index (χ1n) is 12.4. The van der Waals surface area contributed by atoms with Crippen LogP contribution in [0.3, 0.4) is 0 Å². The van der Waals surface area contributed by atoms with Crippen molar-refractivity contribution >= 4 is 29.0 Å². The van der Waals surface area contributed by atoms with Gasteiger partial charge in [0, 0.05) is 6.42 Å². The molecule has 7 nitrogen and oxygen atoms in total. The van der Waals surface area contributed by atoms with Crippen molar-refractivity contribution in [2.45, 2.75) is 134 Å². The molecule has 0 aliphatic heterocycles. The molecular formula is C24H50MgO7. The molecule has 0 aliphatic carbocycles. The van der Waals surface area contributed by atoms with Gasteiger partial charge in [-0.25, -0.2) is 0 Å². The van der Waals surface area contributed by atoms with Crippen LogP contribution in [0.2, 0.25) is 0 Å². The molecular weight excluding hydrogens is 425 g/mol. The average molecular weight is 475 g/mol. The van der Waals surface area contributed by atoms with Gasteiger partial charge in [-0.2, -0.15) is 0 Å². The molecule has 0 bridgehead atoms. The van der Waals surface area contributed by atoms with Crippen LogP contribution in [0, 0.1) is 0 Å². The molecule has 0 aromatic carbocycles. The topological polar surface area (TPSA) is 127 Å². The quantitative estimate of drug-likeness (QED) is 0.0926. The second-order valence-corrected chi connectivity index (χ2v) is 8.68. The maximum Gasteiger partial charge on any atom is 2.00 e. The van der Waals surface area contributed by atoms with Crippen LogP contribution in [0.4, 0.5) is 0 Å². The van der Waals surface area contributed by atoms with Crippen molar-refractivity contribution in [3.8, 4) is 0 Å². The van der Waals surface area contributed by atoms with Crippen molar-refractivity contribution in [3.05, 3.63) is 0 Å². The summed E-state index contributed by atoms with van der Waals surface area (Å²) in [4.78, 5) is 11.7. The molecule has 0 saturated heterocycles. The molecule has 0 spiro atoms. The molecule has 0 heterocycles. The van der Waals surface area contributed by atoms with Crippen LogP contribution in [0.5, 0.6) is 0 Å². The van der Waals surface area contributed by atoms with Crippen LogP contribution in [-0.4, -0.2) is 92.2 Å². The Bertz CT molecular complexity index is 423. The van der Waals surface area contributed by atoms with Gasteiger partial charge in [0.15, 0.2) is 0 Å². The van der Waals surface area contributed by atoms with E-state index in [0.717, 1.165) is 19.3 Å². The molecule has 190 valence electrons. The second kappa shape index (κ2) is 24.2. The molecule has 0 saturated carbocycles. The summed E-state index contributed by atoms with van der Waals surface area (Å²) in [5, 5.41) is 46.8. The third-order valence-corrected chi connectivity index (χ3v) is 5.72. The molecule has 0 aromatic rings. The molecule has 0 aromatic heterocycles. The number of carbonyl (C=O) groups is 1. The van der Waals surface area contributed by atoms with E-state index in [1.165, 1.54) is 77.0 Å². The Hall–Kier alpha value is 0.0362. The fraction of sp³-hybridized carbons (Fsp3) is 0.958. The Morgan fingerprint density at radius 1 is 0.688 bits per heavy atom. The first-order valence-corrected chi connectivity index (χ1v) is 12.4. The normalized spacial score (nSPS) is 14.9. The van der Waals surface area contributed by atoms with Crippen molar-refractivity contribution in [2.75, 3.05) is 13.2 Å². The summed E-state index contributed by atoms with van der Waals surface area (Å²) >= 11 is 0. The Balaban J connectivity index is -0.00000150. The summed E-state index contributed by atoms with van der Waals surface area (Å²) in [6, 6.07) is 0. The van der Waals surface area contributed by atoms with E-state index < -0.39 is 43.6 Å². The van der Waals surface area contributed by atoms with Crippen LogP contribution < -0.4 is 0 Å². The summed E-state index contributed by atoms with van der Waals surface area (Å²) in [7, 11) is 0. The summed E-state index contributed by atoms with van der Waals surface area (Å²) < 4.78 is 4.90. The maximum atomic E-state index is 11.7.